The van der Waals surface area contributed by atoms with Gasteiger partial charge in [-0.1, -0.05) is 12.1 Å². The van der Waals surface area contributed by atoms with Crippen molar-refractivity contribution in [1.82, 2.24) is 5.32 Å². The minimum atomic E-state index is -0.719. The minimum absolute atomic E-state index is 0.0353. The van der Waals surface area contributed by atoms with Crippen molar-refractivity contribution in [3.05, 3.63) is 57.5 Å². The maximum atomic E-state index is 12.9. The van der Waals surface area contributed by atoms with E-state index in [4.69, 9.17) is 0 Å². The number of aryl methyl sites for hydroxylation is 1. The number of aliphatic hydroxyl groups excluding tert-OH is 1. The van der Waals surface area contributed by atoms with E-state index >= 15 is 0 Å². The van der Waals surface area contributed by atoms with Crippen LogP contribution in [0.4, 0.5) is 4.39 Å². The van der Waals surface area contributed by atoms with E-state index in [0.717, 1.165) is 24.8 Å². The fourth-order valence-corrected chi connectivity index (χ4v) is 4.30. The van der Waals surface area contributed by atoms with E-state index in [9.17, 15) is 14.3 Å². The van der Waals surface area contributed by atoms with Crippen LogP contribution in [-0.4, -0.2) is 17.1 Å². The first-order valence-electron chi connectivity index (χ1n) is 8.34. The third-order valence-electron chi connectivity index (χ3n) is 4.59. The van der Waals surface area contributed by atoms with Gasteiger partial charge in [-0.3, -0.25) is 4.79 Å². The van der Waals surface area contributed by atoms with E-state index in [1.165, 1.54) is 17.0 Å². The molecule has 1 amide bonds. The Bertz CT molecular complexity index is 698. The minimum Gasteiger partial charge on any atom is -0.388 e. The van der Waals surface area contributed by atoms with Crippen LogP contribution in [0.5, 0.6) is 0 Å². The highest BCUT2D eigenvalue weighted by Gasteiger charge is 2.28. The maximum absolute atomic E-state index is 12.9. The van der Waals surface area contributed by atoms with Crippen LogP contribution in [0.15, 0.2) is 35.7 Å². The van der Waals surface area contributed by atoms with Crippen molar-refractivity contribution in [3.63, 3.8) is 0 Å². The van der Waals surface area contributed by atoms with Crippen LogP contribution in [0.1, 0.15) is 54.2 Å². The normalized spacial score (nSPS) is 19.4. The molecule has 2 N–H and O–H groups in total. The molecule has 1 aliphatic rings. The molecule has 0 saturated heterocycles. The summed E-state index contributed by atoms with van der Waals surface area (Å²) in [7, 11) is 0. The molecule has 3 atom stereocenters. The van der Waals surface area contributed by atoms with Gasteiger partial charge < -0.3 is 10.4 Å². The average Bonchev–Trinajstić information content (AvgIpc) is 3.03. The van der Waals surface area contributed by atoms with Gasteiger partial charge in [0.25, 0.3) is 0 Å². The van der Waals surface area contributed by atoms with Gasteiger partial charge >= 0.3 is 0 Å². The van der Waals surface area contributed by atoms with Crippen LogP contribution in [0.3, 0.4) is 0 Å². The summed E-state index contributed by atoms with van der Waals surface area (Å²) >= 11 is 1.72. The molecule has 0 aliphatic heterocycles. The summed E-state index contributed by atoms with van der Waals surface area (Å²) in [6.45, 7) is 1.89. The van der Waals surface area contributed by atoms with Crippen molar-refractivity contribution in [1.29, 1.82) is 0 Å². The van der Waals surface area contributed by atoms with Gasteiger partial charge in [0.15, 0.2) is 0 Å². The monoisotopic (exact) mass is 347 g/mol. The molecular formula is C19H22FNO2S. The summed E-state index contributed by atoms with van der Waals surface area (Å²) in [6.07, 6.45) is 2.67. The molecular weight excluding hydrogens is 325 g/mol. The van der Waals surface area contributed by atoms with E-state index in [1.54, 1.807) is 23.5 Å². The van der Waals surface area contributed by atoms with E-state index in [0.29, 0.717) is 12.0 Å². The smallest absolute Gasteiger partial charge is 0.227 e. The number of aliphatic hydroxyl groups is 1. The lowest BCUT2D eigenvalue weighted by Crippen LogP contribution is -2.38. The van der Waals surface area contributed by atoms with E-state index in [-0.39, 0.29) is 23.7 Å². The average molecular weight is 347 g/mol. The SMILES string of the molecule is CC(CC(O)c1ccc(F)cc1)NC(=O)C1CCCc2sccc21. The standard InChI is InChI=1S/C19H22FNO2S/c1-12(11-17(22)13-5-7-14(20)8-6-13)21-19(23)16-3-2-4-18-15(16)9-10-24-18/h5-10,12,16-17,22H,2-4,11H2,1H3,(H,21,23). The highest BCUT2D eigenvalue weighted by molar-refractivity contribution is 7.10. The Morgan fingerprint density at radius 2 is 2.12 bits per heavy atom. The number of carbonyl (C=O) groups is 1. The lowest BCUT2D eigenvalue weighted by Gasteiger charge is -2.25. The van der Waals surface area contributed by atoms with Crippen LogP contribution in [0.2, 0.25) is 0 Å². The molecule has 3 unspecified atom stereocenters. The van der Waals surface area contributed by atoms with Crippen LogP contribution in [0, 0.1) is 5.82 Å². The lowest BCUT2D eigenvalue weighted by atomic mass is 9.87. The molecule has 3 nitrogen and oxygen atoms in total. The predicted molar refractivity (Wildman–Crippen MR) is 93.6 cm³/mol. The summed E-state index contributed by atoms with van der Waals surface area (Å²) in [6, 6.07) is 7.73. The number of thiophene rings is 1. The second-order valence-electron chi connectivity index (χ2n) is 6.46. The first-order valence-corrected chi connectivity index (χ1v) is 9.22. The Morgan fingerprint density at radius 3 is 2.88 bits per heavy atom. The first kappa shape index (κ1) is 17.1. The van der Waals surface area contributed by atoms with E-state index in [2.05, 4.69) is 16.8 Å². The number of fused-ring (bicyclic) bond motifs is 1. The van der Waals surface area contributed by atoms with Gasteiger partial charge in [0.05, 0.1) is 12.0 Å². The predicted octanol–water partition coefficient (Wildman–Crippen LogP) is 3.94. The van der Waals surface area contributed by atoms with Crippen LogP contribution >= 0.6 is 11.3 Å². The topological polar surface area (TPSA) is 49.3 Å². The molecule has 0 spiro atoms. The fourth-order valence-electron chi connectivity index (χ4n) is 3.32. The van der Waals surface area contributed by atoms with Crippen molar-refractivity contribution in [2.75, 3.05) is 0 Å². The van der Waals surface area contributed by atoms with Gasteiger partial charge in [-0.05, 0) is 67.3 Å². The molecule has 0 saturated carbocycles. The maximum Gasteiger partial charge on any atom is 0.227 e. The van der Waals surface area contributed by atoms with Crippen molar-refractivity contribution in [2.45, 2.75) is 50.7 Å². The van der Waals surface area contributed by atoms with Gasteiger partial charge in [0.1, 0.15) is 5.82 Å². The van der Waals surface area contributed by atoms with Gasteiger partial charge in [-0.25, -0.2) is 4.39 Å². The molecule has 1 aromatic carbocycles. The summed E-state index contributed by atoms with van der Waals surface area (Å²) < 4.78 is 12.9. The molecule has 128 valence electrons. The number of nitrogens with one attached hydrogen (secondary N) is 1. The molecule has 2 aromatic rings. The zero-order valence-corrected chi connectivity index (χ0v) is 14.5. The lowest BCUT2D eigenvalue weighted by molar-refractivity contribution is -0.123. The highest BCUT2D eigenvalue weighted by atomic mass is 32.1. The second kappa shape index (κ2) is 7.45. The molecule has 1 aliphatic carbocycles. The Hall–Kier alpha value is -1.72. The fraction of sp³-hybridized carbons (Fsp3) is 0.421. The van der Waals surface area contributed by atoms with Crippen LogP contribution < -0.4 is 5.32 Å². The van der Waals surface area contributed by atoms with E-state index in [1.807, 2.05) is 6.92 Å². The molecule has 5 heteroatoms. The summed E-state index contributed by atoms with van der Waals surface area (Å²) in [5, 5.41) is 15.3. The molecule has 0 fully saturated rings. The second-order valence-corrected chi connectivity index (χ2v) is 7.46. The summed E-state index contributed by atoms with van der Waals surface area (Å²) in [5.74, 6) is -0.366. The molecule has 24 heavy (non-hydrogen) atoms. The molecule has 1 aromatic heterocycles. The number of hydrogen-bond acceptors (Lipinski definition) is 3. The van der Waals surface area contributed by atoms with Crippen molar-refractivity contribution in [2.24, 2.45) is 0 Å². The number of amides is 1. The third-order valence-corrected chi connectivity index (χ3v) is 5.59. The summed E-state index contributed by atoms with van der Waals surface area (Å²) in [5.41, 5.74) is 1.82. The first-order chi connectivity index (χ1) is 11.5. The van der Waals surface area contributed by atoms with Gasteiger partial charge in [0, 0.05) is 10.9 Å². The molecule has 3 rings (SSSR count). The number of benzene rings is 1. The summed E-state index contributed by atoms with van der Waals surface area (Å²) in [4.78, 5) is 13.9. The van der Waals surface area contributed by atoms with Crippen molar-refractivity contribution in [3.8, 4) is 0 Å². The van der Waals surface area contributed by atoms with Gasteiger partial charge in [-0.2, -0.15) is 0 Å². The van der Waals surface area contributed by atoms with E-state index < -0.39 is 6.10 Å². The highest BCUT2D eigenvalue weighted by Crippen LogP contribution is 2.35. The Morgan fingerprint density at radius 1 is 1.38 bits per heavy atom. The van der Waals surface area contributed by atoms with Crippen LogP contribution in [-0.2, 0) is 11.2 Å². The number of rotatable bonds is 5. The van der Waals surface area contributed by atoms with Crippen molar-refractivity contribution < 1.29 is 14.3 Å². The number of carbonyl (C=O) groups excluding carboxylic acids is 1. The van der Waals surface area contributed by atoms with Gasteiger partial charge in [-0.15, -0.1) is 11.3 Å². The number of hydrogen-bond donors (Lipinski definition) is 2. The zero-order valence-electron chi connectivity index (χ0n) is 13.7. The zero-order chi connectivity index (χ0) is 17.1. The Balaban J connectivity index is 1.58. The third kappa shape index (κ3) is 3.84. The quantitative estimate of drug-likeness (QED) is 0.861. The molecule has 1 heterocycles. The number of halogens is 1. The van der Waals surface area contributed by atoms with Crippen molar-refractivity contribution >= 4 is 17.2 Å². The Kier molecular flexibility index (Phi) is 5.31. The largest absolute Gasteiger partial charge is 0.388 e. The Labute approximate surface area is 145 Å². The van der Waals surface area contributed by atoms with Crippen LogP contribution in [0.25, 0.3) is 0 Å². The molecule has 0 radical (unpaired) electrons. The van der Waals surface area contributed by atoms with Gasteiger partial charge in [0.2, 0.25) is 5.91 Å². The molecule has 0 bridgehead atoms.